The minimum atomic E-state index is -2.36. The first-order chi connectivity index (χ1) is 33.8. The Bertz CT molecular complexity index is 3030. The molecule has 4 aromatic carbocycles. The van der Waals surface area contributed by atoms with E-state index in [1.54, 1.807) is 63.6 Å². The van der Waals surface area contributed by atoms with Gasteiger partial charge in [0.1, 0.15) is 46.9 Å². The third-order valence-corrected chi connectivity index (χ3v) is 18.6. The molecular weight excluding hydrogens is 987 g/mol. The second-order valence-corrected chi connectivity index (χ2v) is 24.6. The Morgan fingerprint density at radius 3 is 2.32 bits per heavy atom. The van der Waals surface area contributed by atoms with Gasteiger partial charge in [-0.25, -0.2) is 29.1 Å². The lowest BCUT2D eigenvalue weighted by Crippen LogP contribution is -2.43. The highest BCUT2D eigenvalue weighted by Crippen LogP contribution is 2.53. The zero-order valence-electron chi connectivity index (χ0n) is 40.6. The van der Waals surface area contributed by atoms with Crippen molar-refractivity contribution in [3.8, 4) is 61.8 Å². The van der Waals surface area contributed by atoms with Crippen molar-refractivity contribution in [2.75, 3.05) is 26.9 Å². The van der Waals surface area contributed by atoms with Gasteiger partial charge in [0.05, 0.1) is 53.6 Å². The number of hydrogen-bond acceptors (Lipinski definition) is 13. The third-order valence-electron chi connectivity index (χ3n) is 12.2. The summed E-state index contributed by atoms with van der Waals surface area (Å²) < 4.78 is 51.4. The minimum absolute atomic E-state index is 0.0209. The van der Waals surface area contributed by atoms with Gasteiger partial charge in [-0.2, -0.15) is 0 Å². The summed E-state index contributed by atoms with van der Waals surface area (Å²) in [6, 6.07) is 20.5. The van der Waals surface area contributed by atoms with Gasteiger partial charge >= 0.3 is 5.97 Å². The van der Waals surface area contributed by atoms with E-state index >= 15 is 0 Å². The molecule has 0 unspecified atom stereocenters. The number of rotatable bonds is 21. The van der Waals surface area contributed by atoms with Gasteiger partial charge in [0.25, 0.3) is 0 Å². The summed E-state index contributed by atoms with van der Waals surface area (Å²) in [6.45, 7) is 17.8. The molecule has 0 amide bonds. The molecule has 0 spiro atoms. The molecule has 0 bridgehead atoms. The first-order valence-corrected chi connectivity index (χ1v) is 27.1. The van der Waals surface area contributed by atoms with Crippen molar-refractivity contribution in [1.29, 1.82) is 0 Å². The van der Waals surface area contributed by atoms with Crippen LogP contribution in [0.25, 0.3) is 43.2 Å². The number of halogens is 3. The second kappa shape index (κ2) is 22.5. The number of hydrogen-bond donors (Lipinski definition) is 2. The van der Waals surface area contributed by atoms with Crippen LogP contribution in [0.3, 0.4) is 0 Å². The predicted octanol–water partition coefficient (Wildman–Crippen LogP) is 12.5. The molecule has 0 saturated heterocycles. The average Bonchev–Trinajstić information content (AvgIpc) is 3.73. The summed E-state index contributed by atoms with van der Waals surface area (Å²) in [5, 5.41) is 21.7. The van der Waals surface area contributed by atoms with Crippen LogP contribution in [0, 0.1) is 19.7 Å². The molecule has 0 aliphatic rings. The number of carboxylic acid groups (broad SMARTS) is 1. The molecule has 13 nitrogen and oxygen atoms in total. The van der Waals surface area contributed by atoms with E-state index in [1.807, 2.05) is 30.3 Å². The lowest BCUT2D eigenvalue weighted by atomic mass is 9.92. The lowest BCUT2D eigenvalue weighted by Gasteiger charge is -2.36. The number of carbonyl (C=O) groups is 1. The number of aromatic nitrogens is 4. The fourth-order valence-electron chi connectivity index (χ4n) is 7.50. The van der Waals surface area contributed by atoms with Gasteiger partial charge in [0, 0.05) is 28.6 Å². The number of carboxylic acids is 1. The summed E-state index contributed by atoms with van der Waals surface area (Å²) in [6.07, 6.45) is 2.01. The molecule has 3 heterocycles. The van der Waals surface area contributed by atoms with Gasteiger partial charge in [-0.3, -0.25) is 0 Å². The van der Waals surface area contributed by atoms with E-state index in [4.69, 9.17) is 56.3 Å². The van der Waals surface area contributed by atoms with Crippen LogP contribution in [0.15, 0.2) is 98.0 Å². The van der Waals surface area contributed by atoms with E-state index in [0.717, 1.165) is 0 Å². The molecular formula is C53H55Cl2FN4O9SSi. The smallest absolute Gasteiger partial charge is 0.345 e. The Labute approximate surface area is 427 Å². The SMILES string of the molecule is C=CCOC[C@H](CO)Oc1c(Cl)c(C)c(-c2c(-c3ccc(F)cc3)sc3ncnc(O[C@H](Cc4cc(O[Si](C)(C)C(C)(C)C)ccc4OCc4ccnc(-c5ccccc5OC)n4)C(=O)O)c23)c(C)c1Cl. The van der Waals surface area contributed by atoms with Crippen LogP contribution in [-0.2, 0) is 22.6 Å². The monoisotopic (exact) mass is 1040 g/mol. The normalized spacial score (nSPS) is 12.6. The highest BCUT2D eigenvalue weighted by atomic mass is 35.5. The fraction of sp³-hybridized carbons (Fsp3) is 0.302. The largest absolute Gasteiger partial charge is 0.543 e. The topological polar surface area (TPSA) is 164 Å². The van der Waals surface area contributed by atoms with Crippen molar-refractivity contribution >= 4 is 59.0 Å². The molecule has 3 aromatic heterocycles. The maximum absolute atomic E-state index is 14.4. The number of aliphatic carboxylic acids is 1. The summed E-state index contributed by atoms with van der Waals surface area (Å²) in [7, 11) is -0.778. The predicted molar refractivity (Wildman–Crippen MR) is 279 cm³/mol. The first-order valence-electron chi connectivity index (χ1n) is 22.6. The number of fused-ring (bicyclic) bond motifs is 1. The van der Waals surface area contributed by atoms with E-state index in [-0.39, 0.29) is 59.6 Å². The van der Waals surface area contributed by atoms with Crippen molar-refractivity contribution in [3.05, 3.63) is 136 Å². The van der Waals surface area contributed by atoms with E-state index in [2.05, 4.69) is 55.4 Å². The van der Waals surface area contributed by atoms with Crippen LogP contribution in [0.5, 0.6) is 28.9 Å². The molecule has 372 valence electrons. The fourth-order valence-corrected chi connectivity index (χ4v) is 10.2. The lowest BCUT2D eigenvalue weighted by molar-refractivity contribution is -0.145. The van der Waals surface area contributed by atoms with Crippen molar-refractivity contribution in [1.82, 2.24) is 19.9 Å². The van der Waals surface area contributed by atoms with Crippen LogP contribution >= 0.6 is 34.5 Å². The van der Waals surface area contributed by atoms with Crippen molar-refractivity contribution in [2.24, 2.45) is 0 Å². The van der Waals surface area contributed by atoms with Crippen molar-refractivity contribution in [3.63, 3.8) is 0 Å². The maximum atomic E-state index is 14.4. The van der Waals surface area contributed by atoms with Crippen LogP contribution in [0.2, 0.25) is 28.2 Å². The van der Waals surface area contributed by atoms with Crippen molar-refractivity contribution in [2.45, 2.75) is 78.0 Å². The molecule has 2 N–H and O–H groups in total. The average molecular weight is 1040 g/mol. The zero-order chi connectivity index (χ0) is 51.2. The summed E-state index contributed by atoms with van der Waals surface area (Å²) >= 11 is 15.5. The molecule has 7 rings (SSSR count). The number of aliphatic hydroxyl groups excluding tert-OH is 1. The van der Waals surface area contributed by atoms with E-state index in [0.29, 0.717) is 82.8 Å². The van der Waals surface area contributed by atoms with E-state index < -0.39 is 32.3 Å². The Kier molecular flexibility index (Phi) is 16.7. The third kappa shape index (κ3) is 11.8. The van der Waals surface area contributed by atoms with Gasteiger partial charge in [-0.15, -0.1) is 17.9 Å². The van der Waals surface area contributed by atoms with Gasteiger partial charge in [-0.05, 0) is 103 Å². The Morgan fingerprint density at radius 2 is 1.66 bits per heavy atom. The van der Waals surface area contributed by atoms with Gasteiger partial charge in [-0.1, -0.05) is 74.3 Å². The maximum Gasteiger partial charge on any atom is 0.345 e. The zero-order valence-corrected chi connectivity index (χ0v) is 44.0. The molecule has 0 radical (unpaired) electrons. The molecule has 2 atom stereocenters. The van der Waals surface area contributed by atoms with Crippen LogP contribution in [0.1, 0.15) is 43.2 Å². The first kappa shape index (κ1) is 52.7. The number of ether oxygens (including phenoxy) is 5. The summed E-state index contributed by atoms with van der Waals surface area (Å²) in [5.41, 5.74) is 4.59. The standard InChI is InChI=1S/C53H55Cl2FN4O9SSi/c1-10-23-65-28-37(26-61)67-47-45(54)30(2)42(31(3)46(47)55)43-44-50(58-29-59-51(44)70-48(43)32-15-17-34(56)18-16-32)68-41(52(62)63)25-33-24-36(69-71(8,9)53(4,5)6)19-20-39(33)66-27-35-21-22-57-49(60-35)38-13-11-12-14-40(38)64-7/h10-22,24,29,37,41,61H,1,23,25-28H2,2-9H3,(H,62,63)/t37-,41+/m0/s1. The highest BCUT2D eigenvalue weighted by Gasteiger charge is 2.39. The highest BCUT2D eigenvalue weighted by molar-refractivity contribution is 7.22. The van der Waals surface area contributed by atoms with E-state index in [9.17, 15) is 19.4 Å². The molecule has 0 fully saturated rings. The van der Waals surface area contributed by atoms with Gasteiger partial charge in [0.15, 0.2) is 11.6 Å². The molecule has 18 heteroatoms. The molecule has 7 aromatic rings. The molecule has 0 aliphatic carbocycles. The Balaban J connectivity index is 1.31. The van der Waals surface area contributed by atoms with Crippen LogP contribution < -0.4 is 23.4 Å². The Morgan fingerprint density at radius 1 is 0.944 bits per heavy atom. The molecule has 71 heavy (non-hydrogen) atoms. The summed E-state index contributed by atoms with van der Waals surface area (Å²) in [5.74, 6) is 0.408. The van der Waals surface area contributed by atoms with E-state index in [1.165, 1.54) is 29.8 Å². The quantitative estimate of drug-likeness (QED) is 0.0397. The number of methoxy groups -OCH3 is 1. The van der Waals surface area contributed by atoms with Gasteiger partial charge < -0.3 is 38.3 Å². The second-order valence-electron chi connectivity index (χ2n) is 18.1. The molecule has 0 aliphatic heterocycles. The summed E-state index contributed by atoms with van der Waals surface area (Å²) in [4.78, 5) is 33.0. The molecule has 0 saturated carbocycles. The van der Waals surface area contributed by atoms with Crippen LogP contribution in [0.4, 0.5) is 4.39 Å². The number of para-hydroxylation sites is 1. The van der Waals surface area contributed by atoms with Crippen molar-refractivity contribution < 1.29 is 47.5 Å². The van der Waals surface area contributed by atoms with Gasteiger partial charge in [0.2, 0.25) is 20.3 Å². The number of thiophene rings is 1. The number of aliphatic hydroxyl groups is 1. The minimum Gasteiger partial charge on any atom is -0.543 e. The number of nitrogens with zero attached hydrogens (tertiary/aromatic N) is 4. The Hall–Kier alpha value is -6.14. The number of benzene rings is 4. The van der Waals surface area contributed by atoms with Crippen LogP contribution in [-0.4, -0.2) is 83.6 Å².